The predicted octanol–water partition coefficient (Wildman–Crippen LogP) is 1.37. The number of carboxylic acids is 1. The van der Waals surface area contributed by atoms with Crippen LogP contribution >= 0.6 is 0 Å². The van der Waals surface area contributed by atoms with Gasteiger partial charge >= 0.3 is 12.0 Å². The molecule has 0 atom stereocenters. The van der Waals surface area contributed by atoms with Crippen molar-refractivity contribution in [2.75, 3.05) is 32.7 Å². The van der Waals surface area contributed by atoms with Crippen molar-refractivity contribution in [2.24, 2.45) is 0 Å². The number of nitrogens with zero attached hydrogens (tertiary/aromatic N) is 2. The number of urea groups is 1. The molecule has 0 spiro atoms. The van der Waals surface area contributed by atoms with Gasteiger partial charge in [0.2, 0.25) is 0 Å². The zero-order valence-corrected chi connectivity index (χ0v) is 12.6. The fraction of sp³-hybridized carbons (Fsp3) is 0.857. The topological polar surface area (TPSA) is 72.9 Å². The van der Waals surface area contributed by atoms with Crippen LogP contribution in [0.5, 0.6) is 0 Å². The summed E-state index contributed by atoms with van der Waals surface area (Å²) >= 11 is 0. The molecule has 1 rings (SSSR count). The number of piperazine rings is 1. The number of carboxylic acid groups (broad SMARTS) is 1. The van der Waals surface area contributed by atoms with E-state index < -0.39 is 5.97 Å². The second kappa shape index (κ2) is 8.79. The van der Waals surface area contributed by atoms with Crippen molar-refractivity contribution >= 4 is 12.0 Å². The third-order valence-corrected chi connectivity index (χ3v) is 3.68. The van der Waals surface area contributed by atoms with Gasteiger partial charge in [0.05, 0.1) is 0 Å². The molecule has 1 heterocycles. The van der Waals surface area contributed by atoms with Crippen molar-refractivity contribution in [1.29, 1.82) is 0 Å². The molecular weight excluding hydrogens is 258 g/mol. The maximum absolute atomic E-state index is 11.9. The first-order valence-electron chi connectivity index (χ1n) is 7.49. The number of hydrogen-bond donors (Lipinski definition) is 2. The molecule has 1 aliphatic heterocycles. The molecule has 20 heavy (non-hydrogen) atoms. The summed E-state index contributed by atoms with van der Waals surface area (Å²) in [5, 5.41) is 11.4. The Hall–Kier alpha value is -1.30. The average Bonchev–Trinajstić information content (AvgIpc) is 2.42. The van der Waals surface area contributed by atoms with Gasteiger partial charge in [0.1, 0.15) is 0 Å². The normalized spacial score (nSPS) is 16.4. The maximum atomic E-state index is 11.9. The Kier molecular flexibility index (Phi) is 7.36. The molecule has 0 aromatic carbocycles. The number of rotatable bonds is 7. The molecule has 0 aromatic rings. The van der Waals surface area contributed by atoms with Gasteiger partial charge in [0.15, 0.2) is 0 Å². The molecule has 0 saturated carbocycles. The smallest absolute Gasteiger partial charge is 0.317 e. The van der Waals surface area contributed by atoms with E-state index in [1.54, 1.807) is 0 Å². The van der Waals surface area contributed by atoms with Crippen molar-refractivity contribution in [2.45, 2.75) is 45.6 Å². The van der Waals surface area contributed by atoms with Crippen LogP contribution in [-0.2, 0) is 4.79 Å². The minimum Gasteiger partial charge on any atom is -0.481 e. The lowest BCUT2D eigenvalue weighted by Crippen LogP contribution is -2.53. The van der Waals surface area contributed by atoms with Crippen LogP contribution in [0.1, 0.15) is 39.5 Å². The summed E-state index contributed by atoms with van der Waals surface area (Å²) in [5.74, 6) is -0.753. The first-order valence-corrected chi connectivity index (χ1v) is 7.49. The number of amides is 2. The minimum atomic E-state index is -0.753. The molecule has 1 aliphatic rings. The number of carbonyl (C=O) groups is 2. The van der Waals surface area contributed by atoms with Crippen LogP contribution in [0.4, 0.5) is 4.79 Å². The van der Waals surface area contributed by atoms with Crippen molar-refractivity contribution in [3.8, 4) is 0 Å². The largest absolute Gasteiger partial charge is 0.481 e. The second-order valence-electron chi connectivity index (χ2n) is 5.55. The highest BCUT2D eigenvalue weighted by atomic mass is 16.4. The summed E-state index contributed by atoms with van der Waals surface area (Å²) in [6, 6.07) is 0.543. The molecule has 2 N–H and O–H groups in total. The molecule has 116 valence electrons. The van der Waals surface area contributed by atoms with E-state index in [2.05, 4.69) is 24.1 Å². The van der Waals surface area contributed by atoms with Crippen LogP contribution < -0.4 is 5.32 Å². The number of nitrogens with one attached hydrogen (secondary N) is 1. The fourth-order valence-electron chi connectivity index (χ4n) is 2.33. The zero-order chi connectivity index (χ0) is 15.0. The monoisotopic (exact) mass is 285 g/mol. The third kappa shape index (κ3) is 6.23. The highest BCUT2D eigenvalue weighted by Crippen LogP contribution is 2.06. The van der Waals surface area contributed by atoms with E-state index in [9.17, 15) is 9.59 Å². The van der Waals surface area contributed by atoms with E-state index >= 15 is 0 Å². The third-order valence-electron chi connectivity index (χ3n) is 3.68. The Morgan fingerprint density at radius 2 is 1.75 bits per heavy atom. The Morgan fingerprint density at radius 1 is 1.10 bits per heavy atom. The van der Waals surface area contributed by atoms with E-state index in [4.69, 9.17) is 5.11 Å². The van der Waals surface area contributed by atoms with E-state index in [-0.39, 0.29) is 12.5 Å². The number of carbonyl (C=O) groups excluding carboxylic acids is 1. The molecule has 0 bridgehead atoms. The molecule has 0 aromatic heterocycles. The van der Waals surface area contributed by atoms with E-state index in [1.165, 1.54) is 0 Å². The second-order valence-corrected chi connectivity index (χ2v) is 5.55. The van der Waals surface area contributed by atoms with Gasteiger partial charge in [-0.15, -0.1) is 0 Å². The van der Waals surface area contributed by atoms with Gasteiger partial charge < -0.3 is 15.3 Å². The molecule has 6 heteroatoms. The fourth-order valence-corrected chi connectivity index (χ4v) is 2.33. The van der Waals surface area contributed by atoms with Crippen LogP contribution in [0.2, 0.25) is 0 Å². The van der Waals surface area contributed by atoms with Gasteiger partial charge in [-0.3, -0.25) is 9.69 Å². The SMILES string of the molecule is CC(C)N1CCN(C(=O)NCCCCCC(=O)O)CC1. The summed E-state index contributed by atoms with van der Waals surface area (Å²) in [6.45, 7) is 8.40. The van der Waals surface area contributed by atoms with Crippen molar-refractivity contribution < 1.29 is 14.7 Å². The number of aliphatic carboxylic acids is 1. The molecule has 0 radical (unpaired) electrons. The van der Waals surface area contributed by atoms with Gasteiger partial charge in [-0.2, -0.15) is 0 Å². The number of hydrogen-bond acceptors (Lipinski definition) is 3. The zero-order valence-electron chi connectivity index (χ0n) is 12.6. The van der Waals surface area contributed by atoms with Crippen molar-refractivity contribution in [3.05, 3.63) is 0 Å². The summed E-state index contributed by atoms with van der Waals surface area (Å²) in [5.41, 5.74) is 0. The predicted molar refractivity (Wildman–Crippen MR) is 77.8 cm³/mol. The summed E-state index contributed by atoms with van der Waals surface area (Å²) in [4.78, 5) is 26.5. The van der Waals surface area contributed by atoms with Crippen LogP contribution in [0, 0.1) is 0 Å². The van der Waals surface area contributed by atoms with Crippen molar-refractivity contribution in [1.82, 2.24) is 15.1 Å². The minimum absolute atomic E-state index is 0.00615. The van der Waals surface area contributed by atoms with Crippen LogP contribution in [0.3, 0.4) is 0 Å². The molecule has 1 saturated heterocycles. The van der Waals surface area contributed by atoms with Gasteiger partial charge in [-0.25, -0.2) is 4.79 Å². The summed E-state index contributed by atoms with van der Waals surface area (Å²) in [6.07, 6.45) is 2.57. The Bertz CT molecular complexity index is 313. The highest BCUT2D eigenvalue weighted by molar-refractivity contribution is 5.74. The quantitative estimate of drug-likeness (QED) is 0.693. The van der Waals surface area contributed by atoms with Crippen LogP contribution in [-0.4, -0.2) is 65.7 Å². The van der Waals surface area contributed by atoms with Gasteiger partial charge in [-0.1, -0.05) is 6.42 Å². The van der Waals surface area contributed by atoms with E-state index in [1.807, 2.05) is 4.90 Å². The summed E-state index contributed by atoms with van der Waals surface area (Å²) in [7, 11) is 0. The Balaban J connectivity index is 2.07. The lowest BCUT2D eigenvalue weighted by atomic mass is 10.2. The molecule has 0 unspecified atom stereocenters. The van der Waals surface area contributed by atoms with Crippen molar-refractivity contribution in [3.63, 3.8) is 0 Å². The highest BCUT2D eigenvalue weighted by Gasteiger charge is 2.21. The molecule has 0 aliphatic carbocycles. The van der Waals surface area contributed by atoms with E-state index in [0.717, 1.165) is 39.0 Å². The average molecular weight is 285 g/mol. The van der Waals surface area contributed by atoms with E-state index in [0.29, 0.717) is 19.0 Å². The lowest BCUT2D eigenvalue weighted by Gasteiger charge is -2.36. The summed E-state index contributed by atoms with van der Waals surface area (Å²) < 4.78 is 0. The molecule has 1 fully saturated rings. The maximum Gasteiger partial charge on any atom is 0.317 e. The Morgan fingerprint density at radius 3 is 2.30 bits per heavy atom. The van der Waals surface area contributed by atoms with Gasteiger partial charge in [0.25, 0.3) is 0 Å². The molecular formula is C14H27N3O3. The first kappa shape index (κ1) is 16.8. The first-order chi connectivity index (χ1) is 9.50. The number of unbranched alkanes of at least 4 members (excludes halogenated alkanes) is 2. The lowest BCUT2D eigenvalue weighted by molar-refractivity contribution is -0.137. The van der Waals surface area contributed by atoms with Gasteiger partial charge in [-0.05, 0) is 26.7 Å². The Labute approximate surface area is 121 Å². The standard InChI is InChI=1S/C14H27N3O3/c1-12(2)16-8-10-17(11-9-16)14(20)15-7-5-3-4-6-13(18)19/h12H,3-11H2,1-2H3,(H,15,20)(H,18,19). The molecule has 2 amide bonds. The van der Waals surface area contributed by atoms with Crippen LogP contribution in [0.25, 0.3) is 0 Å². The van der Waals surface area contributed by atoms with Gasteiger partial charge in [0, 0.05) is 45.2 Å². The molecule has 6 nitrogen and oxygen atoms in total. The van der Waals surface area contributed by atoms with Crippen LogP contribution in [0.15, 0.2) is 0 Å².